The van der Waals surface area contributed by atoms with Gasteiger partial charge in [0.15, 0.2) is 0 Å². The highest BCUT2D eigenvalue weighted by molar-refractivity contribution is 5.97. The highest BCUT2D eigenvalue weighted by atomic mass is 16.2. The standard InChI is InChI=1S/C20H24N2O2/c1-15(2)13-14-21-20(24)18(16-9-5-3-6-10-16)22-19(23)17-11-7-4-8-12-17/h3-12,15,18H,13-14H2,1-2H3,(H,21,24)(H,22,23)/t18-/m0/s1. The third kappa shape index (κ3) is 5.23. The second kappa shape index (κ2) is 8.87. The minimum atomic E-state index is -0.703. The molecule has 0 aliphatic heterocycles. The van der Waals surface area contributed by atoms with Crippen molar-refractivity contribution in [1.29, 1.82) is 0 Å². The molecule has 0 fully saturated rings. The van der Waals surface area contributed by atoms with Crippen molar-refractivity contribution in [3.63, 3.8) is 0 Å². The Bertz CT molecular complexity index is 654. The van der Waals surface area contributed by atoms with Crippen molar-refractivity contribution in [3.05, 3.63) is 71.8 Å². The maximum absolute atomic E-state index is 12.6. The largest absolute Gasteiger partial charge is 0.354 e. The van der Waals surface area contributed by atoms with Gasteiger partial charge >= 0.3 is 0 Å². The molecule has 0 radical (unpaired) electrons. The van der Waals surface area contributed by atoms with E-state index in [0.29, 0.717) is 18.0 Å². The smallest absolute Gasteiger partial charge is 0.252 e. The average molecular weight is 324 g/mol. The minimum absolute atomic E-state index is 0.189. The van der Waals surface area contributed by atoms with Crippen molar-refractivity contribution in [1.82, 2.24) is 10.6 Å². The van der Waals surface area contributed by atoms with E-state index in [9.17, 15) is 9.59 Å². The summed E-state index contributed by atoms with van der Waals surface area (Å²) in [5.74, 6) is 0.0639. The van der Waals surface area contributed by atoms with E-state index >= 15 is 0 Å². The third-order valence-corrected chi connectivity index (χ3v) is 3.73. The molecule has 4 heteroatoms. The molecule has 24 heavy (non-hydrogen) atoms. The van der Waals surface area contributed by atoms with Gasteiger partial charge in [-0.1, -0.05) is 62.4 Å². The summed E-state index contributed by atoms with van der Waals surface area (Å²) >= 11 is 0. The number of hydrogen-bond donors (Lipinski definition) is 2. The number of carbonyl (C=O) groups is 2. The molecule has 0 aliphatic rings. The normalized spacial score (nSPS) is 11.8. The molecule has 0 aliphatic carbocycles. The number of carbonyl (C=O) groups excluding carboxylic acids is 2. The lowest BCUT2D eigenvalue weighted by molar-refractivity contribution is -0.123. The fourth-order valence-corrected chi connectivity index (χ4v) is 2.34. The van der Waals surface area contributed by atoms with Gasteiger partial charge in [0.1, 0.15) is 6.04 Å². The van der Waals surface area contributed by atoms with Crippen LogP contribution in [0.2, 0.25) is 0 Å². The second-order valence-electron chi connectivity index (χ2n) is 6.16. The Hall–Kier alpha value is -2.62. The summed E-state index contributed by atoms with van der Waals surface area (Å²) in [5, 5.41) is 5.75. The van der Waals surface area contributed by atoms with E-state index in [1.54, 1.807) is 24.3 Å². The van der Waals surface area contributed by atoms with Crippen molar-refractivity contribution in [2.75, 3.05) is 6.54 Å². The number of benzene rings is 2. The Kier molecular flexibility index (Phi) is 6.55. The van der Waals surface area contributed by atoms with Crippen LogP contribution in [0.15, 0.2) is 60.7 Å². The maximum Gasteiger partial charge on any atom is 0.252 e. The van der Waals surface area contributed by atoms with Crippen LogP contribution in [0.4, 0.5) is 0 Å². The summed E-state index contributed by atoms with van der Waals surface area (Å²) in [6.07, 6.45) is 0.903. The van der Waals surface area contributed by atoms with Gasteiger partial charge in [-0.2, -0.15) is 0 Å². The molecule has 126 valence electrons. The molecule has 0 heterocycles. The number of amides is 2. The molecule has 0 saturated carbocycles. The second-order valence-corrected chi connectivity index (χ2v) is 6.16. The van der Waals surface area contributed by atoms with Crippen LogP contribution in [-0.2, 0) is 4.79 Å². The minimum Gasteiger partial charge on any atom is -0.354 e. The molecule has 0 spiro atoms. The fraction of sp³-hybridized carbons (Fsp3) is 0.300. The quantitative estimate of drug-likeness (QED) is 0.821. The summed E-state index contributed by atoms with van der Waals surface area (Å²) < 4.78 is 0. The molecule has 2 rings (SSSR count). The van der Waals surface area contributed by atoms with Gasteiger partial charge in [0.25, 0.3) is 5.91 Å². The number of hydrogen-bond acceptors (Lipinski definition) is 2. The predicted molar refractivity (Wildman–Crippen MR) is 95.6 cm³/mol. The van der Waals surface area contributed by atoms with Gasteiger partial charge in [-0.05, 0) is 30.0 Å². The number of rotatable bonds is 7. The van der Waals surface area contributed by atoms with Crippen molar-refractivity contribution >= 4 is 11.8 Å². The lowest BCUT2D eigenvalue weighted by Gasteiger charge is -2.19. The van der Waals surface area contributed by atoms with Gasteiger partial charge in [0.2, 0.25) is 5.91 Å². The van der Waals surface area contributed by atoms with Gasteiger partial charge in [-0.15, -0.1) is 0 Å². The molecule has 2 aromatic rings. The van der Waals surface area contributed by atoms with Crippen LogP contribution in [0.5, 0.6) is 0 Å². The first-order valence-corrected chi connectivity index (χ1v) is 8.26. The van der Waals surface area contributed by atoms with Gasteiger partial charge in [0.05, 0.1) is 0 Å². The van der Waals surface area contributed by atoms with Crippen molar-refractivity contribution < 1.29 is 9.59 Å². The lowest BCUT2D eigenvalue weighted by atomic mass is 10.0. The van der Waals surface area contributed by atoms with Gasteiger partial charge in [0, 0.05) is 12.1 Å². The molecule has 2 aromatic carbocycles. The molecule has 2 N–H and O–H groups in total. The van der Waals surface area contributed by atoms with Crippen LogP contribution in [0, 0.1) is 5.92 Å². The third-order valence-electron chi connectivity index (χ3n) is 3.73. The highest BCUT2D eigenvalue weighted by Crippen LogP contribution is 2.14. The zero-order valence-corrected chi connectivity index (χ0v) is 14.2. The van der Waals surface area contributed by atoms with Crippen LogP contribution < -0.4 is 10.6 Å². The lowest BCUT2D eigenvalue weighted by Crippen LogP contribution is -2.40. The van der Waals surface area contributed by atoms with E-state index in [-0.39, 0.29) is 11.8 Å². The zero-order valence-electron chi connectivity index (χ0n) is 14.2. The Balaban J connectivity index is 2.11. The van der Waals surface area contributed by atoms with Crippen LogP contribution in [-0.4, -0.2) is 18.4 Å². The Morgan fingerprint density at radius 2 is 1.50 bits per heavy atom. The molecular formula is C20H24N2O2. The van der Waals surface area contributed by atoms with Gasteiger partial charge < -0.3 is 10.6 Å². The van der Waals surface area contributed by atoms with Crippen molar-refractivity contribution in [3.8, 4) is 0 Å². The summed E-state index contributed by atoms with van der Waals surface area (Å²) in [6, 6.07) is 17.5. The molecule has 1 atom stereocenters. The molecule has 0 saturated heterocycles. The summed E-state index contributed by atoms with van der Waals surface area (Å²) in [4.78, 5) is 25.0. The molecule has 0 unspecified atom stereocenters. The molecule has 2 amide bonds. The molecular weight excluding hydrogens is 300 g/mol. The molecule has 0 aromatic heterocycles. The zero-order chi connectivity index (χ0) is 17.4. The SMILES string of the molecule is CC(C)CCNC(=O)[C@@H](NC(=O)c1ccccc1)c1ccccc1. The first-order valence-electron chi connectivity index (χ1n) is 8.26. The summed E-state index contributed by atoms with van der Waals surface area (Å²) in [5.41, 5.74) is 1.30. The van der Waals surface area contributed by atoms with Crippen LogP contribution in [0.25, 0.3) is 0 Å². The topological polar surface area (TPSA) is 58.2 Å². The van der Waals surface area contributed by atoms with Crippen molar-refractivity contribution in [2.24, 2.45) is 5.92 Å². The van der Waals surface area contributed by atoms with Crippen LogP contribution in [0.1, 0.15) is 42.2 Å². The highest BCUT2D eigenvalue weighted by Gasteiger charge is 2.22. The van der Waals surface area contributed by atoms with E-state index in [1.807, 2.05) is 36.4 Å². The van der Waals surface area contributed by atoms with E-state index < -0.39 is 6.04 Å². The van der Waals surface area contributed by atoms with Crippen LogP contribution >= 0.6 is 0 Å². The van der Waals surface area contributed by atoms with E-state index in [2.05, 4.69) is 24.5 Å². The summed E-state index contributed by atoms with van der Waals surface area (Å²) in [7, 11) is 0. The maximum atomic E-state index is 12.6. The predicted octanol–water partition coefficient (Wildman–Crippen LogP) is 3.32. The first kappa shape index (κ1) is 17.7. The molecule has 4 nitrogen and oxygen atoms in total. The fourth-order valence-electron chi connectivity index (χ4n) is 2.34. The van der Waals surface area contributed by atoms with E-state index in [1.165, 1.54) is 0 Å². The van der Waals surface area contributed by atoms with Crippen LogP contribution in [0.3, 0.4) is 0 Å². The first-order chi connectivity index (χ1) is 11.6. The summed E-state index contributed by atoms with van der Waals surface area (Å²) in [6.45, 7) is 4.82. The molecule has 0 bridgehead atoms. The monoisotopic (exact) mass is 324 g/mol. The van der Waals surface area contributed by atoms with E-state index in [0.717, 1.165) is 12.0 Å². The average Bonchev–Trinajstić information content (AvgIpc) is 2.60. The Labute approximate surface area is 143 Å². The Morgan fingerprint density at radius 3 is 2.08 bits per heavy atom. The van der Waals surface area contributed by atoms with E-state index in [4.69, 9.17) is 0 Å². The van der Waals surface area contributed by atoms with Crippen molar-refractivity contribution in [2.45, 2.75) is 26.3 Å². The van der Waals surface area contributed by atoms with Gasteiger partial charge in [-0.3, -0.25) is 9.59 Å². The van der Waals surface area contributed by atoms with Gasteiger partial charge in [-0.25, -0.2) is 0 Å². The Morgan fingerprint density at radius 1 is 0.917 bits per heavy atom. The number of nitrogens with one attached hydrogen (secondary N) is 2.